The zero-order chi connectivity index (χ0) is 7.56. The van der Waals surface area contributed by atoms with Crippen molar-refractivity contribution in [2.75, 3.05) is 18.7 Å². The van der Waals surface area contributed by atoms with Gasteiger partial charge < -0.3 is 4.74 Å². The van der Waals surface area contributed by atoms with E-state index < -0.39 is 5.03 Å². The van der Waals surface area contributed by atoms with Crippen molar-refractivity contribution in [1.82, 2.24) is 5.01 Å². The molecular weight excluding hydrogens is 204 g/mol. The molecule has 1 saturated heterocycles. The van der Waals surface area contributed by atoms with Crippen molar-refractivity contribution in [3.63, 3.8) is 0 Å². The van der Waals surface area contributed by atoms with Gasteiger partial charge in [-0.2, -0.15) is 0 Å². The Hall–Kier alpha value is -0.360. The molecule has 1 atom stereocenters. The highest BCUT2D eigenvalue weighted by atomic mass is 79.9. The molecule has 0 radical (unpaired) electrons. The third-order valence-electron chi connectivity index (χ3n) is 1.34. The van der Waals surface area contributed by atoms with Gasteiger partial charge in [0.2, 0.25) is 0 Å². The van der Waals surface area contributed by atoms with Gasteiger partial charge in [0.1, 0.15) is 6.04 Å². The average Bonchev–Trinajstić information content (AvgIpc) is 2.33. The van der Waals surface area contributed by atoms with Crippen LogP contribution >= 0.6 is 15.9 Å². The summed E-state index contributed by atoms with van der Waals surface area (Å²) in [6.45, 7) is 0.537. The van der Waals surface area contributed by atoms with Crippen molar-refractivity contribution in [2.45, 2.75) is 6.04 Å². The predicted octanol–water partition coefficient (Wildman–Crippen LogP) is 0.231. The standard InChI is InChI=1S/C4H7BrN2O3/c5-1-4-2-10-3-6(4)7(8)9/h4H,1-3H2. The summed E-state index contributed by atoms with van der Waals surface area (Å²) in [4.78, 5) is 10.2. The number of nitrogens with zero attached hydrogens (tertiary/aromatic N) is 2. The highest BCUT2D eigenvalue weighted by molar-refractivity contribution is 9.09. The largest absolute Gasteiger partial charge is 0.353 e. The summed E-state index contributed by atoms with van der Waals surface area (Å²) in [7, 11) is 0. The van der Waals surface area contributed by atoms with Crippen LogP contribution in [0.2, 0.25) is 0 Å². The number of hydrogen-bond donors (Lipinski definition) is 0. The Morgan fingerprint density at radius 2 is 2.60 bits per heavy atom. The van der Waals surface area contributed by atoms with E-state index in [0.717, 1.165) is 5.01 Å². The van der Waals surface area contributed by atoms with Crippen molar-refractivity contribution in [3.8, 4) is 0 Å². The minimum absolute atomic E-state index is 0.100. The van der Waals surface area contributed by atoms with Gasteiger partial charge in [0, 0.05) is 5.33 Å². The third kappa shape index (κ3) is 1.38. The zero-order valence-corrected chi connectivity index (χ0v) is 6.78. The average molecular weight is 211 g/mol. The van der Waals surface area contributed by atoms with Crippen molar-refractivity contribution in [3.05, 3.63) is 10.1 Å². The van der Waals surface area contributed by atoms with Crippen LogP contribution < -0.4 is 0 Å². The van der Waals surface area contributed by atoms with E-state index in [9.17, 15) is 10.1 Å². The molecular formula is C4H7BrN2O3. The highest BCUT2D eigenvalue weighted by Crippen LogP contribution is 2.10. The van der Waals surface area contributed by atoms with Crippen molar-refractivity contribution < 1.29 is 9.77 Å². The van der Waals surface area contributed by atoms with E-state index in [4.69, 9.17) is 4.74 Å². The topological polar surface area (TPSA) is 55.6 Å². The fraction of sp³-hybridized carbons (Fsp3) is 1.00. The maximum atomic E-state index is 10.2. The number of alkyl halides is 1. The number of hydrazine groups is 1. The molecule has 1 heterocycles. The Balaban J connectivity index is 2.50. The molecule has 0 spiro atoms. The number of ether oxygens (including phenoxy) is 1. The fourth-order valence-corrected chi connectivity index (χ4v) is 1.30. The Labute approximate surface area is 66.2 Å². The van der Waals surface area contributed by atoms with E-state index in [0.29, 0.717) is 11.9 Å². The van der Waals surface area contributed by atoms with E-state index in [2.05, 4.69) is 15.9 Å². The molecule has 58 valence electrons. The van der Waals surface area contributed by atoms with Crippen LogP contribution in [0.1, 0.15) is 0 Å². The Morgan fingerprint density at radius 1 is 1.90 bits per heavy atom. The molecule has 1 unspecified atom stereocenters. The molecule has 0 aromatic carbocycles. The molecule has 0 saturated carbocycles. The molecule has 0 aromatic heterocycles. The van der Waals surface area contributed by atoms with Crippen LogP contribution in [0.5, 0.6) is 0 Å². The Kier molecular flexibility index (Phi) is 2.44. The van der Waals surface area contributed by atoms with Crippen LogP contribution in [0.15, 0.2) is 0 Å². The lowest BCUT2D eigenvalue weighted by Gasteiger charge is -2.10. The van der Waals surface area contributed by atoms with Gasteiger partial charge in [0.25, 0.3) is 0 Å². The number of rotatable bonds is 2. The summed E-state index contributed by atoms with van der Waals surface area (Å²) in [5.41, 5.74) is 0. The number of halogens is 1. The monoisotopic (exact) mass is 210 g/mol. The van der Waals surface area contributed by atoms with Crippen LogP contribution in [0.25, 0.3) is 0 Å². The first-order chi connectivity index (χ1) is 4.75. The normalized spacial score (nSPS) is 25.3. The fourth-order valence-electron chi connectivity index (χ4n) is 0.778. The van der Waals surface area contributed by atoms with E-state index in [1.807, 2.05) is 0 Å². The van der Waals surface area contributed by atoms with Gasteiger partial charge in [-0.3, -0.25) is 0 Å². The van der Waals surface area contributed by atoms with Crippen LogP contribution in [0, 0.1) is 10.1 Å². The first-order valence-electron chi connectivity index (χ1n) is 2.80. The summed E-state index contributed by atoms with van der Waals surface area (Å²) in [6, 6.07) is -0.116. The molecule has 10 heavy (non-hydrogen) atoms. The third-order valence-corrected chi connectivity index (χ3v) is 2.09. The molecule has 0 amide bonds. The van der Waals surface area contributed by atoms with E-state index in [1.165, 1.54) is 0 Å². The maximum absolute atomic E-state index is 10.2. The first-order valence-corrected chi connectivity index (χ1v) is 3.92. The van der Waals surface area contributed by atoms with Crippen LogP contribution in [0.4, 0.5) is 0 Å². The molecule has 5 nitrogen and oxygen atoms in total. The van der Waals surface area contributed by atoms with Crippen LogP contribution in [0.3, 0.4) is 0 Å². The molecule has 6 heteroatoms. The lowest BCUT2D eigenvalue weighted by atomic mass is 10.4. The summed E-state index contributed by atoms with van der Waals surface area (Å²) < 4.78 is 4.88. The van der Waals surface area contributed by atoms with Gasteiger partial charge in [-0.05, 0) is 0 Å². The van der Waals surface area contributed by atoms with Gasteiger partial charge in [0.15, 0.2) is 11.8 Å². The first kappa shape index (κ1) is 7.74. The second-order valence-electron chi connectivity index (χ2n) is 1.99. The molecule has 0 aromatic rings. The quantitative estimate of drug-likeness (QED) is 0.372. The van der Waals surface area contributed by atoms with Crippen LogP contribution in [-0.4, -0.2) is 34.8 Å². The van der Waals surface area contributed by atoms with E-state index in [1.54, 1.807) is 0 Å². The van der Waals surface area contributed by atoms with Crippen molar-refractivity contribution in [2.24, 2.45) is 0 Å². The zero-order valence-electron chi connectivity index (χ0n) is 5.20. The highest BCUT2D eigenvalue weighted by Gasteiger charge is 2.31. The predicted molar refractivity (Wildman–Crippen MR) is 37.2 cm³/mol. The van der Waals surface area contributed by atoms with Gasteiger partial charge in [-0.25, -0.2) is 10.1 Å². The summed E-state index contributed by atoms with van der Waals surface area (Å²) in [6.07, 6.45) is 0. The summed E-state index contributed by atoms with van der Waals surface area (Å²) in [5.74, 6) is 0. The number of hydrogen-bond acceptors (Lipinski definition) is 3. The maximum Gasteiger partial charge on any atom is 0.177 e. The van der Waals surface area contributed by atoms with Crippen molar-refractivity contribution in [1.29, 1.82) is 0 Å². The van der Waals surface area contributed by atoms with Crippen molar-refractivity contribution >= 4 is 15.9 Å². The minimum atomic E-state index is -0.432. The second kappa shape index (κ2) is 3.16. The molecule has 1 aliphatic heterocycles. The molecule has 0 aliphatic carbocycles. The second-order valence-corrected chi connectivity index (χ2v) is 2.63. The Bertz CT molecular complexity index is 142. The summed E-state index contributed by atoms with van der Waals surface area (Å²) >= 11 is 3.16. The van der Waals surface area contributed by atoms with Gasteiger partial charge in [0.05, 0.1) is 6.61 Å². The molecule has 1 rings (SSSR count). The summed E-state index contributed by atoms with van der Waals surface area (Å²) in [5, 5.41) is 11.4. The minimum Gasteiger partial charge on any atom is -0.353 e. The molecule has 1 fully saturated rings. The van der Waals surface area contributed by atoms with E-state index >= 15 is 0 Å². The number of nitro groups is 1. The molecule has 0 bridgehead atoms. The Morgan fingerprint density at radius 3 is 3.00 bits per heavy atom. The molecule has 0 N–H and O–H groups in total. The van der Waals surface area contributed by atoms with E-state index in [-0.39, 0.29) is 12.8 Å². The lowest BCUT2D eigenvalue weighted by Crippen LogP contribution is -2.36. The molecule has 1 aliphatic rings. The van der Waals surface area contributed by atoms with Gasteiger partial charge in [-0.15, -0.1) is 0 Å². The SMILES string of the molecule is O=[N+]([O-])N1COCC1CBr. The van der Waals surface area contributed by atoms with Gasteiger partial charge in [-0.1, -0.05) is 20.9 Å². The smallest absolute Gasteiger partial charge is 0.177 e. The lowest BCUT2D eigenvalue weighted by molar-refractivity contribution is -0.661. The van der Waals surface area contributed by atoms with Crippen LogP contribution in [-0.2, 0) is 4.74 Å². The van der Waals surface area contributed by atoms with Gasteiger partial charge >= 0.3 is 0 Å².